The monoisotopic (exact) mass is 587 g/mol. The molecule has 0 saturated heterocycles. The highest BCUT2D eigenvalue weighted by Crippen LogP contribution is 2.30. The van der Waals surface area contributed by atoms with E-state index in [1.165, 1.54) is 0 Å². The van der Waals surface area contributed by atoms with Gasteiger partial charge in [-0.3, -0.25) is 14.2 Å². The minimum atomic E-state index is -0.619. The lowest BCUT2D eigenvalue weighted by molar-refractivity contribution is 0.0519. The first kappa shape index (κ1) is 31.5. The van der Waals surface area contributed by atoms with Crippen LogP contribution >= 0.6 is 0 Å². The topological polar surface area (TPSA) is 120 Å². The van der Waals surface area contributed by atoms with Crippen LogP contribution in [0.3, 0.4) is 0 Å². The molecule has 1 atom stereocenters. The molecule has 4 rings (SSSR count). The summed E-state index contributed by atoms with van der Waals surface area (Å²) in [4.78, 5) is 47.0. The van der Waals surface area contributed by atoms with Crippen LogP contribution in [0.25, 0.3) is 11.1 Å². The molecule has 2 aromatic heterocycles. The van der Waals surface area contributed by atoms with Crippen molar-refractivity contribution in [2.24, 2.45) is 5.92 Å². The number of aryl methyl sites for hydroxylation is 2. The van der Waals surface area contributed by atoms with E-state index in [1.807, 2.05) is 63.2 Å². The molecule has 0 saturated carbocycles. The third-order valence-corrected chi connectivity index (χ3v) is 7.02. The van der Waals surface area contributed by atoms with Gasteiger partial charge in [0.05, 0.1) is 18.3 Å². The van der Waals surface area contributed by atoms with Crippen molar-refractivity contribution in [2.75, 3.05) is 13.1 Å². The number of carbonyl (C=O) groups is 2. The highest BCUT2D eigenvalue weighted by atomic mass is 16.6. The third kappa shape index (κ3) is 7.68. The lowest BCUT2D eigenvalue weighted by Gasteiger charge is -2.35. The summed E-state index contributed by atoms with van der Waals surface area (Å²) in [6.45, 7) is 13.9. The largest absolute Gasteiger partial charge is 0.444 e. The van der Waals surface area contributed by atoms with E-state index in [4.69, 9.17) is 14.2 Å². The Morgan fingerprint density at radius 2 is 1.72 bits per heavy atom. The first-order valence-corrected chi connectivity index (χ1v) is 14.6. The number of nitrogens with one attached hydrogen (secondary N) is 1. The summed E-state index contributed by atoms with van der Waals surface area (Å²) < 4.78 is 12.5. The van der Waals surface area contributed by atoms with Crippen LogP contribution in [0, 0.1) is 19.8 Å². The van der Waals surface area contributed by atoms with E-state index in [9.17, 15) is 14.4 Å². The van der Waals surface area contributed by atoms with E-state index in [0.29, 0.717) is 42.0 Å². The second-order valence-electron chi connectivity index (χ2n) is 12.1. The third-order valence-electron chi connectivity index (χ3n) is 7.02. The standard InChI is InChI=1S/C33H41N5O5/c1-21(2)27(28-35-29-26(23(4)36-43-29)31(40)38(28)20-24-12-9-8-10-13-24)37(30(39)25-16-14-22(3)15-17-25)19-11-18-34-32(41)42-33(5,6)7/h8-10,12-17,21,27H,11,18-20H2,1-7H3,(H,34,41). The fourth-order valence-electron chi connectivity index (χ4n) is 5.01. The van der Waals surface area contributed by atoms with Crippen LogP contribution in [-0.4, -0.2) is 50.3 Å². The molecule has 0 bridgehead atoms. The van der Waals surface area contributed by atoms with Crippen molar-refractivity contribution in [2.45, 2.75) is 73.1 Å². The second-order valence-corrected chi connectivity index (χ2v) is 12.1. The molecule has 0 aliphatic heterocycles. The Bertz CT molecular complexity index is 1620. The maximum absolute atomic E-state index is 14.2. The Kier molecular flexibility index (Phi) is 9.68. The zero-order valence-corrected chi connectivity index (χ0v) is 26.0. The Morgan fingerprint density at radius 1 is 1.05 bits per heavy atom. The zero-order valence-electron chi connectivity index (χ0n) is 26.0. The molecular formula is C33H41N5O5. The SMILES string of the molecule is Cc1ccc(C(=O)N(CCCNC(=O)OC(C)(C)C)C(c2nc3onc(C)c3c(=O)n2Cc2ccccc2)C(C)C)cc1. The molecule has 228 valence electrons. The van der Waals surface area contributed by atoms with Crippen LogP contribution in [0.1, 0.15) is 80.1 Å². The van der Waals surface area contributed by atoms with Crippen molar-refractivity contribution >= 4 is 23.1 Å². The molecule has 1 N–H and O–H groups in total. The molecule has 10 heteroatoms. The number of hydrogen-bond donors (Lipinski definition) is 1. The van der Waals surface area contributed by atoms with E-state index in [1.54, 1.807) is 49.3 Å². The number of ether oxygens (including phenoxy) is 1. The molecule has 2 heterocycles. The van der Waals surface area contributed by atoms with Crippen LogP contribution in [0.4, 0.5) is 4.79 Å². The Labute approximate surface area is 252 Å². The van der Waals surface area contributed by atoms with Crippen LogP contribution in [0.5, 0.6) is 0 Å². The molecule has 4 aromatic rings. The Balaban J connectivity index is 1.77. The predicted molar refractivity (Wildman–Crippen MR) is 165 cm³/mol. The molecule has 1 unspecified atom stereocenters. The summed E-state index contributed by atoms with van der Waals surface area (Å²) in [7, 11) is 0. The lowest BCUT2D eigenvalue weighted by Crippen LogP contribution is -2.43. The van der Waals surface area contributed by atoms with Gasteiger partial charge in [0.25, 0.3) is 17.2 Å². The van der Waals surface area contributed by atoms with Crippen molar-refractivity contribution in [3.8, 4) is 0 Å². The van der Waals surface area contributed by atoms with Gasteiger partial charge in [-0.05, 0) is 64.7 Å². The molecule has 0 spiro atoms. The van der Waals surface area contributed by atoms with Gasteiger partial charge in [0, 0.05) is 18.7 Å². The summed E-state index contributed by atoms with van der Waals surface area (Å²) in [5.74, 6) is 0.0713. The maximum Gasteiger partial charge on any atom is 0.407 e. The van der Waals surface area contributed by atoms with Crippen LogP contribution in [0.2, 0.25) is 0 Å². The molecule has 43 heavy (non-hydrogen) atoms. The van der Waals surface area contributed by atoms with Gasteiger partial charge >= 0.3 is 6.09 Å². The van der Waals surface area contributed by atoms with Crippen LogP contribution in [0.15, 0.2) is 63.9 Å². The van der Waals surface area contributed by atoms with Gasteiger partial charge in [0.2, 0.25) is 0 Å². The first-order valence-electron chi connectivity index (χ1n) is 14.6. The number of benzene rings is 2. The van der Waals surface area contributed by atoms with Gasteiger partial charge in [-0.1, -0.05) is 67.0 Å². The predicted octanol–water partition coefficient (Wildman–Crippen LogP) is 5.80. The molecule has 0 radical (unpaired) electrons. The molecular weight excluding hydrogens is 546 g/mol. The highest BCUT2D eigenvalue weighted by molar-refractivity contribution is 5.94. The number of hydrogen-bond acceptors (Lipinski definition) is 7. The zero-order chi connectivity index (χ0) is 31.3. The van der Waals surface area contributed by atoms with Gasteiger partial charge in [0.1, 0.15) is 16.8 Å². The lowest BCUT2D eigenvalue weighted by atomic mass is 9.98. The molecule has 2 aromatic carbocycles. The summed E-state index contributed by atoms with van der Waals surface area (Å²) in [5.41, 5.74) is 2.18. The average Bonchev–Trinajstić information content (AvgIpc) is 3.32. The molecule has 0 fully saturated rings. The number of rotatable bonds is 10. The Hall–Kier alpha value is -4.47. The average molecular weight is 588 g/mol. The minimum Gasteiger partial charge on any atom is -0.444 e. The Morgan fingerprint density at radius 3 is 2.35 bits per heavy atom. The number of amides is 2. The molecule has 0 aliphatic rings. The fourth-order valence-corrected chi connectivity index (χ4v) is 5.01. The summed E-state index contributed by atoms with van der Waals surface area (Å²) in [6, 6.07) is 16.4. The highest BCUT2D eigenvalue weighted by Gasteiger charge is 2.33. The molecule has 10 nitrogen and oxygen atoms in total. The second kappa shape index (κ2) is 13.2. The van der Waals surface area contributed by atoms with E-state index in [2.05, 4.69) is 10.5 Å². The minimum absolute atomic E-state index is 0.136. The molecule has 0 aliphatic carbocycles. The quantitative estimate of drug-likeness (QED) is 0.233. The van der Waals surface area contributed by atoms with Gasteiger partial charge in [-0.2, -0.15) is 4.98 Å². The number of nitrogens with zero attached hydrogens (tertiary/aromatic N) is 4. The van der Waals surface area contributed by atoms with Crippen molar-refractivity contribution in [3.05, 3.63) is 93.2 Å². The number of alkyl carbamates (subject to hydrolysis) is 1. The van der Waals surface area contributed by atoms with E-state index >= 15 is 0 Å². The van der Waals surface area contributed by atoms with Gasteiger partial charge in [0.15, 0.2) is 0 Å². The van der Waals surface area contributed by atoms with E-state index in [-0.39, 0.29) is 29.6 Å². The van der Waals surface area contributed by atoms with Crippen molar-refractivity contribution in [3.63, 3.8) is 0 Å². The molecule has 2 amide bonds. The van der Waals surface area contributed by atoms with Gasteiger partial charge in [-0.15, -0.1) is 0 Å². The van der Waals surface area contributed by atoms with Crippen molar-refractivity contribution < 1.29 is 18.8 Å². The van der Waals surface area contributed by atoms with Crippen LogP contribution in [-0.2, 0) is 11.3 Å². The van der Waals surface area contributed by atoms with E-state index < -0.39 is 17.7 Å². The number of carbonyl (C=O) groups excluding carboxylic acids is 2. The van der Waals surface area contributed by atoms with Gasteiger partial charge in [-0.25, -0.2) is 4.79 Å². The fraction of sp³-hybridized carbons (Fsp3) is 0.424. The summed E-state index contributed by atoms with van der Waals surface area (Å²) in [5, 5.41) is 7.10. The maximum atomic E-state index is 14.2. The summed E-state index contributed by atoms with van der Waals surface area (Å²) in [6.07, 6.45) is -0.0686. The summed E-state index contributed by atoms with van der Waals surface area (Å²) >= 11 is 0. The number of aromatic nitrogens is 3. The van der Waals surface area contributed by atoms with E-state index in [0.717, 1.165) is 11.1 Å². The van der Waals surface area contributed by atoms with Crippen molar-refractivity contribution in [1.82, 2.24) is 24.9 Å². The smallest absolute Gasteiger partial charge is 0.407 e. The van der Waals surface area contributed by atoms with Crippen LogP contribution < -0.4 is 10.9 Å². The number of fused-ring (bicyclic) bond motifs is 1. The van der Waals surface area contributed by atoms with Gasteiger partial charge < -0.3 is 19.5 Å². The normalized spacial score (nSPS) is 12.4. The first-order chi connectivity index (χ1) is 20.4. The van der Waals surface area contributed by atoms with Crippen molar-refractivity contribution in [1.29, 1.82) is 0 Å².